The Kier molecular flexibility index (Phi) is 3.86. The molecule has 1 rings (SSSR count). The summed E-state index contributed by atoms with van der Waals surface area (Å²) in [5.74, 6) is 0.701. The van der Waals surface area contributed by atoms with E-state index in [9.17, 15) is 9.00 Å². The van der Waals surface area contributed by atoms with Gasteiger partial charge in [-0.15, -0.1) is 0 Å². The van der Waals surface area contributed by atoms with Gasteiger partial charge in [0.15, 0.2) is 0 Å². The third-order valence-electron chi connectivity index (χ3n) is 2.72. The predicted molar refractivity (Wildman–Crippen MR) is 58.4 cm³/mol. The largest absolute Gasteiger partial charge is 0.354 e. The molecular formula is C10H16N2O2S. The highest BCUT2D eigenvalue weighted by Gasteiger charge is 2.48. The minimum Gasteiger partial charge on any atom is -0.354 e. The number of amides is 1. The van der Waals surface area contributed by atoms with Crippen molar-refractivity contribution in [3.63, 3.8) is 0 Å². The number of hydrogen-bond acceptors (Lipinski definition) is 3. The molecule has 1 saturated carbocycles. The van der Waals surface area contributed by atoms with Crippen LogP contribution in [0.15, 0.2) is 0 Å². The minimum atomic E-state index is -0.899. The molecule has 0 aliphatic heterocycles. The van der Waals surface area contributed by atoms with Crippen molar-refractivity contribution in [3.8, 4) is 6.07 Å². The Hall–Kier alpha value is -0.890. The van der Waals surface area contributed by atoms with Gasteiger partial charge in [-0.25, -0.2) is 0 Å². The molecule has 0 saturated heterocycles. The topological polar surface area (TPSA) is 70.0 Å². The van der Waals surface area contributed by atoms with Crippen LogP contribution in [0.5, 0.6) is 0 Å². The summed E-state index contributed by atoms with van der Waals surface area (Å²) in [6.07, 6.45) is 2.88. The summed E-state index contributed by atoms with van der Waals surface area (Å²) in [6, 6.07) is 2.10. The molecule has 1 aliphatic carbocycles. The minimum absolute atomic E-state index is 0.200. The molecule has 0 aromatic carbocycles. The van der Waals surface area contributed by atoms with E-state index in [4.69, 9.17) is 5.26 Å². The van der Waals surface area contributed by atoms with Crippen LogP contribution in [0, 0.1) is 22.7 Å². The Morgan fingerprint density at radius 1 is 1.67 bits per heavy atom. The van der Waals surface area contributed by atoms with Crippen molar-refractivity contribution >= 4 is 16.7 Å². The summed E-state index contributed by atoms with van der Waals surface area (Å²) in [7, 11) is -0.899. The lowest BCUT2D eigenvalue weighted by Gasteiger charge is -2.39. The van der Waals surface area contributed by atoms with Crippen LogP contribution in [-0.4, -0.2) is 28.7 Å². The number of hydrogen-bond donors (Lipinski definition) is 1. The number of carbonyl (C=O) groups is 1. The van der Waals surface area contributed by atoms with Crippen molar-refractivity contribution in [3.05, 3.63) is 0 Å². The van der Waals surface area contributed by atoms with E-state index >= 15 is 0 Å². The van der Waals surface area contributed by atoms with Crippen LogP contribution in [0.3, 0.4) is 0 Å². The molecule has 1 aliphatic rings. The summed E-state index contributed by atoms with van der Waals surface area (Å²) >= 11 is 0. The van der Waals surface area contributed by atoms with Gasteiger partial charge in [-0.05, 0) is 18.8 Å². The molecule has 1 fully saturated rings. The first-order valence-electron chi connectivity index (χ1n) is 5.00. The van der Waals surface area contributed by atoms with Crippen LogP contribution in [0.25, 0.3) is 0 Å². The molecule has 0 radical (unpaired) electrons. The zero-order chi connectivity index (χ0) is 11.5. The molecule has 0 spiro atoms. The van der Waals surface area contributed by atoms with E-state index in [2.05, 4.69) is 11.4 Å². The Labute approximate surface area is 92.5 Å². The van der Waals surface area contributed by atoms with Crippen molar-refractivity contribution in [2.45, 2.75) is 19.8 Å². The third kappa shape index (κ3) is 2.78. The first-order chi connectivity index (χ1) is 7.00. The van der Waals surface area contributed by atoms with Crippen molar-refractivity contribution < 1.29 is 9.00 Å². The van der Waals surface area contributed by atoms with Gasteiger partial charge in [0.05, 0.1) is 6.07 Å². The molecule has 4 nitrogen and oxygen atoms in total. The molecular weight excluding hydrogens is 212 g/mol. The number of nitrogens with one attached hydrogen (secondary N) is 1. The normalized spacial score (nSPS) is 31.1. The van der Waals surface area contributed by atoms with Crippen molar-refractivity contribution in [1.82, 2.24) is 5.32 Å². The molecule has 0 heterocycles. The van der Waals surface area contributed by atoms with E-state index in [-0.39, 0.29) is 5.91 Å². The molecule has 0 aromatic rings. The Balaban J connectivity index is 2.40. The lowest BCUT2D eigenvalue weighted by atomic mass is 9.63. The second kappa shape index (κ2) is 4.75. The summed E-state index contributed by atoms with van der Waals surface area (Å²) in [5.41, 5.74) is -0.811. The molecule has 5 heteroatoms. The number of rotatable bonds is 4. The third-order valence-corrected chi connectivity index (χ3v) is 3.50. The highest BCUT2D eigenvalue weighted by molar-refractivity contribution is 7.84. The van der Waals surface area contributed by atoms with Crippen molar-refractivity contribution in [1.29, 1.82) is 5.26 Å². The van der Waals surface area contributed by atoms with Gasteiger partial charge in [-0.1, -0.05) is 6.92 Å². The van der Waals surface area contributed by atoms with Crippen molar-refractivity contribution in [2.75, 3.05) is 18.6 Å². The van der Waals surface area contributed by atoms with Gasteiger partial charge in [-0.3, -0.25) is 9.00 Å². The van der Waals surface area contributed by atoms with Gasteiger partial charge in [0.1, 0.15) is 5.41 Å². The van der Waals surface area contributed by atoms with Gasteiger partial charge < -0.3 is 5.32 Å². The average Bonchev–Trinajstić information content (AvgIpc) is 2.11. The zero-order valence-electron chi connectivity index (χ0n) is 9.08. The summed E-state index contributed by atoms with van der Waals surface area (Å²) in [6.45, 7) is 2.42. The van der Waals surface area contributed by atoms with E-state index in [0.717, 1.165) is 0 Å². The predicted octanol–water partition coefficient (Wildman–Crippen LogP) is 0.421. The van der Waals surface area contributed by atoms with Crippen LogP contribution in [0.4, 0.5) is 0 Å². The smallest absolute Gasteiger partial charge is 0.240 e. The van der Waals surface area contributed by atoms with E-state index in [1.165, 1.54) is 0 Å². The molecule has 0 aromatic heterocycles. The molecule has 84 valence electrons. The number of nitriles is 1. The maximum absolute atomic E-state index is 11.7. The van der Waals surface area contributed by atoms with Crippen molar-refractivity contribution in [2.24, 2.45) is 11.3 Å². The number of nitrogens with zero attached hydrogens (tertiary/aromatic N) is 1. The fourth-order valence-electron chi connectivity index (χ4n) is 1.93. The SMILES string of the molecule is CC1CC(C#N)(C(=O)NCCS(C)=O)C1. The first kappa shape index (κ1) is 12.2. The maximum atomic E-state index is 11.7. The highest BCUT2D eigenvalue weighted by atomic mass is 32.2. The summed E-state index contributed by atoms with van der Waals surface area (Å²) < 4.78 is 10.8. The van der Waals surface area contributed by atoms with Gasteiger partial charge in [-0.2, -0.15) is 5.26 Å². The van der Waals surface area contributed by atoms with Gasteiger partial charge >= 0.3 is 0 Å². The van der Waals surface area contributed by atoms with E-state index < -0.39 is 16.2 Å². The summed E-state index contributed by atoms with van der Waals surface area (Å²) in [4.78, 5) is 11.7. The lowest BCUT2D eigenvalue weighted by molar-refractivity contribution is -0.133. The van der Waals surface area contributed by atoms with Gasteiger partial charge in [0.25, 0.3) is 0 Å². The fraction of sp³-hybridized carbons (Fsp3) is 0.800. The Morgan fingerprint density at radius 2 is 2.27 bits per heavy atom. The van der Waals surface area contributed by atoms with Crippen LogP contribution < -0.4 is 5.32 Å². The zero-order valence-corrected chi connectivity index (χ0v) is 9.89. The number of carbonyl (C=O) groups excluding carboxylic acids is 1. The van der Waals surface area contributed by atoms with Gasteiger partial charge in [0, 0.05) is 29.4 Å². The Bertz CT molecular complexity index is 316. The van der Waals surface area contributed by atoms with Crippen LogP contribution >= 0.6 is 0 Å². The first-order valence-corrected chi connectivity index (χ1v) is 6.72. The lowest BCUT2D eigenvalue weighted by Crippen LogP contribution is -2.48. The monoisotopic (exact) mass is 228 g/mol. The molecule has 1 atom stereocenters. The molecule has 1 unspecified atom stereocenters. The Morgan fingerprint density at radius 3 is 2.67 bits per heavy atom. The molecule has 1 N–H and O–H groups in total. The van der Waals surface area contributed by atoms with E-state index in [0.29, 0.717) is 31.1 Å². The van der Waals surface area contributed by atoms with Crippen LogP contribution in [0.2, 0.25) is 0 Å². The second-order valence-corrected chi connectivity index (χ2v) is 5.80. The average molecular weight is 228 g/mol. The van der Waals surface area contributed by atoms with Crippen LogP contribution in [-0.2, 0) is 15.6 Å². The molecule has 1 amide bonds. The maximum Gasteiger partial charge on any atom is 0.240 e. The van der Waals surface area contributed by atoms with E-state index in [1.807, 2.05) is 6.92 Å². The standard InChI is InChI=1S/C10H16N2O2S/c1-8-5-10(6-8,7-11)9(13)12-3-4-15(2)14/h8H,3-6H2,1-2H3,(H,12,13). The molecule has 0 bridgehead atoms. The van der Waals surface area contributed by atoms with E-state index in [1.54, 1.807) is 6.26 Å². The summed E-state index contributed by atoms with van der Waals surface area (Å²) in [5, 5.41) is 11.6. The second-order valence-electron chi connectivity index (χ2n) is 4.24. The van der Waals surface area contributed by atoms with Gasteiger partial charge in [0.2, 0.25) is 5.91 Å². The van der Waals surface area contributed by atoms with Crippen LogP contribution in [0.1, 0.15) is 19.8 Å². The fourth-order valence-corrected chi connectivity index (χ4v) is 2.32. The quantitative estimate of drug-likeness (QED) is 0.758. The highest BCUT2D eigenvalue weighted by Crippen LogP contribution is 2.44. The molecule has 15 heavy (non-hydrogen) atoms.